The van der Waals surface area contributed by atoms with Crippen LogP contribution < -0.4 is 5.32 Å². The predicted molar refractivity (Wildman–Crippen MR) is 92.9 cm³/mol. The molecule has 0 aliphatic carbocycles. The molecule has 0 bridgehead atoms. The Morgan fingerprint density at radius 3 is 2.30 bits per heavy atom. The van der Waals surface area contributed by atoms with Gasteiger partial charge in [0, 0.05) is 19.0 Å². The van der Waals surface area contributed by atoms with Crippen molar-refractivity contribution in [2.75, 3.05) is 12.4 Å². The van der Waals surface area contributed by atoms with Gasteiger partial charge in [0.05, 0.1) is 9.26 Å². The van der Waals surface area contributed by atoms with Crippen molar-refractivity contribution in [2.24, 2.45) is 5.41 Å². The lowest BCUT2D eigenvalue weighted by molar-refractivity contribution is 0.401. The zero-order chi connectivity index (χ0) is 14.8. The lowest BCUT2D eigenvalue weighted by Gasteiger charge is -2.18. The van der Waals surface area contributed by atoms with Gasteiger partial charge >= 0.3 is 0 Å². The van der Waals surface area contributed by atoms with E-state index in [1.165, 1.54) is 0 Å². The van der Waals surface area contributed by atoms with Gasteiger partial charge in [-0.05, 0) is 28.0 Å². The van der Waals surface area contributed by atoms with Crippen LogP contribution in [0.25, 0.3) is 11.3 Å². The number of nitrogens with one attached hydrogen (secondary N) is 1. The van der Waals surface area contributed by atoms with Crippen LogP contribution in [0.15, 0.2) is 30.3 Å². The summed E-state index contributed by atoms with van der Waals surface area (Å²) in [5.41, 5.74) is 2.31. The average Bonchev–Trinajstić information content (AvgIpc) is 2.40. The van der Waals surface area contributed by atoms with E-state index < -0.39 is 0 Å². The van der Waals surface area contributed by atoms with Crippen LogP contribution in [0.1, 0.15) is 26.6 Å². The van der Waals surface area contributed by atoms with Crippen LogP contribution >= 0.6 is 22.6 Å². The molecule has 106 valence electrons. The molecule has 0 radical (unpaired) electrons. The highest BCUT2D eigenvalue weighted by atomic mass is 127. The third-order valence-electron chi connectivity index (χ3n) is 2.87. The Morgan fingerprint density at radius 2 is 1.75 bits per heavy atom. The van der Waals surface area contributed by atoms with Crippen LogP contribution in [0, 0.1) is 8.99 Å². The number of halogens is 1. The predicted octanol–water partition coefficient (Wildman–Crippen LogP) is 4.38. The van der Waals surface area contributed by atoms with Gasteiger partial charge in [0.15, 0.2) is 0 Å². The quantitative estimate of drug-likeness (QED) is 0.802. The second-order valence-electron chi connectivity index (χ2n) is 6.00. The minimum atomic E-state index is 0.172. The summed E-state index contributed by atoms with van der Waals surface area (Å²) in [5.74, 6) is 1.79. The smallest absolute Gasteiger partial charge is 0.143 e. The SMILES string of the molecule is CNc1nc(CC(C)(C)C)nc(-c2ccccc2)c1I. The highest BCUT2D eigenvalue weighted by Gasteiger charge is 2.18. The molecule has 0 atom stereocenters. The summed E-state index contributed by atoms with van der Waals surface area (Å²) in [6.07, 6.45) is 0.860. The molecule has 2 aromatic rings. The van der Waals surface area contributed by atoms with Crippen molar-refractivity contribution in [3.8, 4) is 11.3 Å². The highest BCUT2D eigenvalue weighted by Crippen LogP contribution is 2.29. The molecule has 1 aromatic heterocycles. The van der Waals surface area contributed by atoms with Gasteiger partial charge in [-0.15, -0.1) is 0 Å². The van der Waals surface area contributed by atoms with Crippen LogP contribution in [-0.4, -0.2) is 17.0 Å². The van der Waals surface area contributed by atoms with E-state index in [0.29, 0.717) is 0 Å². The highest BCUT2D eigenvalue weighted by molar-refractivity contribution is 14.1. The van der Waals surface area contributed by atoms with Crippen LogP contribution in [0.3, 0.4) is 0 Å². The largest absolute Gasteiger partial charge is 0.372 e. The summed E-state index contributed by atoms with van der Waals surface area (Å²) in [6, 6.07) is 10.3. The summed E-state index contributed by atoms with van der Waals surface area (Å²) in [6.45, 7) is 6.61. The Morgan fingerprint density at radius 1 is 1.10 bits per heavy atom. The fourth-order valence-electron chi connectivity index (χ4n) is 2.00. The van der Waals surface area contributed by atoms with E-state index in [4.69, 9.17) is 4.98 Å². The maximum absolute atomic E-state index is 4.78. The molecular formula is C16H20IN3. The Labute approximate surface area is 134 Å². The average molecular weight is 381 g/mol. The molecule has 0 amide bonds. The molecule has 20 heavy (non-hydrogen) atoms. The van der Waals surface area contributed by atoms with Gasteiger partial charge in [-0.1, -0.05) is 51.1 Å². The monoisotopic (exact) mass is 381 g/mol. The topological polar surface area (TPSA) is 37.8 Å². The first-order chi connectivity index (χ1) is 9.40. The molecular weight excluding hydrogens is 361 g/mol. The number of anilines is 1. The zero-order valence-corrected chi connectivity index (χ0v) is 14.5. The van der Waals surface area contributed by atoms with Crippen molar-refractivity contribution >= 4 is 28.4 Å². The molecule has 2 rings (SSSR count). The van der Waals surface area contributed by atoms with E-state index in [0.717, 1.165) is 32.9 Å². The van der Waals surface area contributed by atoms with Crippen molar-refractivity contribution in [1.29, 1.82) is 0 Å². The molecule has 0 unspecified atom stereocenters. The van der Waals surface area contributed by atoms with Gasteiger partial charge in [-0.2, -0.15) is 0 Å². The summed E-state index contributed by atoms with van der Waals surface area (Å²) in [7, 11) is 1.90. The maximum atomic E-state index is 4.78. The second-order valence-corrected chi connectivity index (χ2v) is 7.08. The third kappa shape index (κ3) is 3.69. The van der Waals surface area contributed by atoms with E-state index in [1.54, 1.807) is 0 Å². The minimum Gasteiger partial charge on any atom is -0.372 e. The molecule has 0 aliphatic rings. The van der Waals surface area contributed by atoms with Crippen LogP contribution in [0.2, 0.25) is 0 Å². The van der Waals surface area contributed by atoms with E-state index >= 15 is 0 Å². The number of hydrogen-bond donors (Lipinski definition) is 1. The number of hydrogen-bond acceptors (Lipinski definition) is 3. The number of rotatable bonds is 3. The molecule has 0 aliphatic heterocycles. The molecule has 1 heterocycles. The lowest BCUT2D eigenvalue weighted by atomic mass is 9.92. The summed E-state index contributed by atoms with van der Waals surface area (Å²) < 4.78 is 1.06. The van der Waals surface area contributed by atoms with Gasteiger partial charge < -0.3 is 5.32 Å². The van der Waals surface area contributed by atoms with Gasteiger partial charge in [-0.3, -0.25) is 0 Å². The molecule has 4 heteroatoms. The Hall–Kier alpha value is -1.17. The van der Waals surface area contributed by atoms with Gasteiger partial charge in [0.2, 0.25) is 0 Å². The lowest BCUT2D eigenvalue weighted by Crippen LogP contribution is -2.14. The maximum Gasteiger partial charge on any atom is 0.143 e. The molecule has 1 aromatic carbocycles. The van der Waals surface area contributed by atoms with Crippen molar-refractivity contribution in [3.63, 3.8) is 0 Å². The number of nitrogens with zero attached hydrogens (tertiary/aromatic N) is 2. The molecule has 3 nitrogen and oxygen atoms in total. The molecule has 0 saturated carbocycles. The molecule has 0 saturated heterocycles. The molecule has 0 fully saturated rings. The summed E-state index contributed by atoms with van der Waals surface area (Å²) >= 11 is 2.31. The van der Waals surface area contributed by atoms with Crippen molar-refractivity contribution < 1.29 is 0 Å². The van der Waals surface area contributed by atoms with Gasteiger partial charge in [0.25, 0.3) is 0 Å². The van der Waals surface area contributed by atoms with Crippen molar-refractivity contribution in [1.82, 2.24) is 9.97 Å². The standard InChI is InChI=1S/C16H20IN3/c1-16(2,3)10-12-19-14(11-8-6-5-7-9-11)13(17)15(18-4)20-12/h5-9H,10H2,1-4H3,(H,18,19,20). The van der Waals surface area contributed by atoms with Gasteiger partial charge in [-0.25, -0.2) is 9.97 Å². The Kier molecular flexibility index (Phi) is 4.62. The fourth-order valence-corrected chi connectivity index (χ4v) is 2.82. The summed E-state index contributed by atoms with van der Waals surface area (Å²) in [5, 5.41) is 3.17. The first-order valence-corrected chi connectivity index (χ1v) is 7.78. The van der Waals surface area contributed by atoms with Crippen LogP contribution in [0.5, 0.6) is 0 Å². The van der Waals surface area contributed by atoms with Crippen molar-refractivity contribution in [3.05, 3.63) is 39.7 Å². The molecule has 0 spiro atoms. The summed E-state index contributed by atoms with van der Waals surface area (Å²) in [4.78, 5) is 9.41. The van der Waals surface area contributed by atoms with Crippen molar-refractivity contribution in [2.45, 2.75) is 27.2 Å². The van der Waals surface area contributed by atoms with Gasteiger partial charge in [0.1, 0.15) is 11.6 Å². The molecule has 1 N–H and O–H groups in total. The zero-order valence-electron chi connectivity index (χ0n) is 12.4. The third-order valence-corrected chi connectivity index (χ3v) is 3.89. The Bertz CT molecular complexity index is 589. The van der Waals surface area contributed by atoms with E-state index in [9.17, 15) is 0 Å². The fraction of sp³-hybridized carbons (Fsp3) is 0.375. The van der Waals surface area contributed by atoms with Crippen LogP contribution in [-0.2, 0) is 6.42 Å². The normalized spacial score (nSPS) is 11.4. The minimum absolute atomic E-state index is 0.172. The van der Waals surface area contributed by atoms with E-state index in [1.807, 2.05) is 25.2 Å². The second kappa shape index (κ2) is 6.08. The first-order valence-electron chi connectivity index (χ1n) is 6.70. The Balaban J connectivity index is 2.53. The number of aromatic nitrogens is 2. The first kappa shape index (κ1) is 15.2. The number of benzene rings is 1. The van der Waals surface area contributed by atoms with Crippen LogP contribution in [0.4, 0.5) is 5.82 Å². The van der Waals surface area contributed by atoms with E-state index in [-0.39, 0.29) is 5.41 Å². The van der Waals surface area contributed by atoms with E-state index in [2.05, 4.69) is 65.8 Å².